The van der Waals surface area contributed by atoms with Gasteiger partial charge in [0.15, 0.2) is 0 Å². The Bertz CT molecular complexity index is 1420. The van der Waals surface area contributed by atoms with Crippen molar-refractivity contribution in [3.8, 4) is 5.75 Å². The number of likely N-dealkylation sites (tertiary alicyclic amines) is 1. The summed E-state index contributed by atoms with van der Waals surface area (Å²) in [5.41, 5.74) is 1.82. The number of nitrogens with one attached hydrogen (secondary N) is 2. The van der Waals surface area contributed by atoms with E-state index in [0.717, 1.165) is 61.6 Å². The molecule has 0 saturated carbocycles. The summed E-state index contributed by atoms with van der Waals surface area (Å²) in [6.45, 7) is 4.18. The van der Waals surface area contributed by atoms with E-state index in [1.165, 1.54) is 12.1 Å². The molecule has 3 amide bonds. The maximum Gasteiger partial charge on any atom is 0.416 e. The van der Waals surface area contributed by atoms with E-state index >= 15 is 0 Å². The van der Waals surface area contributed by atoms with Crippen LogP contribution in [0.3, 0.4) is 0 Å². The lowest BCUT2D eigenvalue weighted by Crippen LogP contribution is -2.47. The molecule has 3 aromatic rings. The highest BCUT2D eigenvalue weighted by Gasteiger charge is 2.31. The molecule has 3 aromatic carbocycles. The molecule has 5 rings (SSSR count). The fraction of sp³-hybridized carbons (Fsp3) is 0.355. The van der Waals surface area contributed by atoms with Crippen LogP contribution in [0.1, 0.15) is 35.2 Å². The molecule has 2 fully saturated rings. The van der Waals surface area contributed by atoms with Crippen molar-refractivity contribution in [1.29, 1.82) is 0 Å². The number of urea groups is 1. The molecule has 0 spiro atoms. The van der Waals surface area contributed by atoms with E-state index in [4.69, 9.17) is 4.74 Å². The number of para-hydroxylation sites is 2. The van der Waals surface area contributed by atoms with Crippen molar-refractivity contribution in [2.24, 2.45) is 0 Å². The summed E-state index contributed by atoms with van der Waals surface area (Å²) in [6, 6.07) is 16.8. The van der Waals surface area contributed by atoms with E-state index < -0.39 is 17.8 Å². The van der Waals surface area contributed by atoms with Crippen molar-refractivity contribution in [2.45, 2.75) is 25.4 Å². The van der Waals surface area contributed by atoms with Gasteiger partial charge in [-0.3, -0.25) is 4.79 Å². The van der Waals surface area contributed by atoms with E-state index in [-0.39, 0.29) is 11.6 Å². The summed E-state index contributed by atoms with van der Waals surface area (Å²) in [5.74, 6) is 0.713. The molecule has 11 heteroatoms. The average molecular weight is 582 g/mol. The van der Waals surface area contributed by atoms with Crippen LogP contribution in [0.15, 0.2) is 66.7 Å². The number of carbonyl (C=O) groups excluding carboxylic acids is 2. The fourth-order valence-electron chi connectivity index (χ4n) is 5.47. The monoisotopic (exact) mass is 581 g/mol. The van der Waals surface area contributed by atoms with Gasteiger partial charge in [0.25, 0.3) is 5.91 Å². The molecule has 0 atom stereocenters. The highest BCUT2D eigenvalue weighted by molar-refractivity contribution is 6.04. The smallest absolute Gasteiger partial charge is 0.416 e. The summed E-state index contributed by atoms with van der Waals surface area (Å²) >= 11 is 0. The number of methoxy groups -OCH3 is 1. The number of rotatable bonds is 6. The highest BCUT2D eigenvalue weighted by Crippen LogP contribution is 2.33. The summed E-state index contributed by atoms with van der Waals surface area (Å²) in [7, 11) is 1.66. The molecule has 222 valence electrons. The molecule has 0 aromatic heterocycles. The van der Waals surface area contributed by atoms with Crippen molar-refractivity contribution in [3.63, 3.8) is 0 Å². The number of halogens is 3. The predicted octanol–water partition coefficient (Wildman–Crippen LogP) is 6.31. The van der Waals surface area contributed by atoms with Crippen LogP contribution in [-0.4, -0.2) is 63.2 Å². The molecule has 0 bridgehead atoms. The van der Waals surface area contributed by atoms with Crippen LogP contribution in [0.4, 0.5) is 40.7 Å². The second kappa shape index (κ2) is 12.6. The first-order chi connectivity index (χ1) is 20.2. The van der Waals surface area contributed by atoms with Gasteiger partial charge in [-0.1, -0.05) is 18.2 Å². The van der Waals surface area contributed by atoms with Crippen molar-refractivity contribution >= 4 is 34.7 Å². The molecular formula is C31H34F3N5O3. The summed E-state index contributed by atoms with van der Waals surface area (Å²) in [4.78, 5) is 32.7. The van der Waals surface area contributed by atoms with Gasteiger partial charge in [-0.05, 0) is 67.8 Å². The number of alkyl halides is 3. The fourth-order valence-corrected chi connectivity index (χ4v) is 5.47. The van der Waals surface area contributed by atoms with Crippen LogP contribution < -0.4 is 25.2 Å². The third kappa shape index (κ3) is 6.72. The van der Waals surface area contributed by atoms with Crippen LogP contribution in [0.2, 0.25) is 0 Å². The third-order valence-corrected chi connectivity index (χ3v) is 7.62. The molecule has 0 aliphatic carbocycles. The summed E-state index contributed by atoms with van der Waals surface area (Å²) in [5, 5.41) is 5.13. The van der Waals surface area contributed by atoms with Gasteiger partial charge in [-0.15, -0.1) is 0 Å². The number of hydrogen-bond acceptors (Lipinski definition) is 5. The number of carbonyl (C=O) groups is 2. The lowest BCUT2D eigenvalue weighted by molar-refractivity contribution is -0.137. The normalized spacial score (nSPS) is 15.8. The Hall–Kier alpha value is -4.41. The first-order valence-corrected chi connectivity index (χ1v) is 14.0. The second-order valence-corrected chi connectivity index (χ2v) is 10.4. The number of anilines is 4. The number of piperazine rings is 1. The van der Waals surface area contributed by atoms with Crippen LogP contribution >= 0.6 is 0 Å². The zero-order chi connectivity index (χ0) is 29.7. The lowest BCUT2D eigenvalue weighted by atomic mass is 10.1. The van der Waals surface area contributed by atoms with E-state index in [1.54, 1.807) is 19.2 Å². The maximum absolute atomic E-state index is 13.7. The van der Waals surface area contributed by atoms with Crippen molar-refractivity contribution in [2.75, 3.05) is 66.8 Å². The minimum atomic E-state index is -4.52. The van der Waals surface area contributed by atoms with Gasteiger partial charge in [0.2, 0.25) is 0 Å². The molecular weight excluding hydrogens is 547 g/mol. The largest absolute Gasteiger partial charge is 0.495 e. The van der Waals surface area contributed by atoms with Gasteiger partial charge in [-0.2, -0.15) is 13.2 Å². The van der Waals surface area contributed by atoms with Gasteiger partial charge < -0.3 is 30.1 Å². The van der Waals surface area contributed by atoms with E-state index in [2.05, 4.69) is 20.4 Å². The predicted molar refractivity (Wildman–Crippen MR) is 158 cm³/mol. The molecule has 0 unspecified atom stereocenters. The van der Waals surface area contributed by atoms with Crippen LogP contribution in [0.5, 0.6) is 5.75 Å². The Kier molecular flexibility index (Phi) is 8.75. The first kappa shape index (κ1) is 29.1. The van der Waals surface area contributed by atoms with Crippen LogP contribution in [0, 0.1) is 0 Å². The molecule has 2 aliphatic rings. The van der Waals surface area contributed by atoms with Gasteiger partial charge in [0, 0.05) is 56.3 Å². The van der Waals surface area contributed by atoms with E-state index in [9.17, 15) is 22.8 Å². The molecule has 0 radical (unpaired) electrons. The number of nitrogens with zero attached hydrogens (tertiary/aromatic N) is 3. The maximum atomic E-state index is 13.7. The van der Waals surface area contributed by atoms with Crippen LogP contribution in [0.25, 0.3) is 0 Å². The molecule has 42 heavy (non-hydrogen) atoms. The minimum absolute atomic E-state index is 0.0106. The Morgan fingerprint density at radius 1 is 0.738 bits per heavy atom. The Balaban J connectivity index is 1.34. The Morgan fingerprint density at radius 3 is 2.05 bits per heavy atom. The second-order valence-electron chi connectivity index (χ2n) is 10.4. The average Bonchev–Trinajstić information content (AvgIpc) is 3.01. The highest BCUT2D eigenvalue weighted by atomic mass is 19.4. The molecule has 8 nitrogen and oxygen atoms in total. The molecule has 2 saturated heterocycles. The van der Waals surface area contributed by atoms with Crippen molar-refractivity contribution < 1.29 is 27.5 Å². The van der Waals surface area contributed by atoms with E-state index in [1.807, 2.05) is 35.2 Å². The summed E-state index contributed by atoms with van der Waals surface area (Å²) in [6.07, 6.45) is -1.56. The standard InChI is InChI=1S/C31H34F3N5O3/c1-42-28-11-4-3-10-27(28)38-18-16-37(17-19-38)26-13-12-24(21-25(26)29(40)39-14-5-2-6-15-39)36-30(41)35-23-9-7-8-22(20-23)31(32,33)34/h3-4,7-13,20-21H,2,5-6,14-19H2,1H3,(H2,35,36,41). The number of benzene rings is 3. The Labute approximate surface area is 243 Å². The zero-order valence-corrected chi connectivity index (χ0v) is 23.4. The molecule has 2 aliphatic heterocycles. The van der Waals surface area contributed by atoms with Gasteiger partial charge in [-0.25, -0.2) is 4.79 Å². The zero-order valence-electron chi connectivity index (χ0n) is 23.4. The lowest BCUT2D eigenvalue weighted by Gasteiger charge is -2.39. The topological polar surface area (TPSA) is 77.1 Å². The molecule has 2 N–H and O–H groups in total. The quantitative estimate of drug-likeness (QED) is 0.357. The van der Waals surface area contributed by atoms with Gasteiger partial charge in [0.05, 0.1) is 23.9 Å². The number of hydrogen-bond donors (Lipinski definition) is 2. The van der Waals surface area contributed by atoms with Gasteiger partial charge >= 0.3 is 12.2 Å². The van der Waals surface area contributed by atoms with Crippen LogP contribution in [-0.2, 0) is 6.18 Å². The van der Waals surface area contributed by atoms with Gasteiger partial charge in [0.1, 0.15) is 5.75 Å². The number of ether oxygens (including phenoxy) is 1. The molecule has 2 heterocycles. The Morgan fingerprint density at radius 2 is 1.38 bits per heavy atom. The summed E-state index contributed by atoms with van der Waals surface area (Å²) < 4.78 is 44.8. The van der Waals surface area contributed by atoms with Crippen molar-refractivity contribution in [1.82, 2.24) is 4.90 Å². The number of piperidine rings is 1. The number of amides is 3. The third-order valence-electron chi connectivity index (χ3n) is 7.62. The first-order valence-electron chi connectivity index (χ1n) is 14.0. The van der Waals surface area contributed by atoms with Crippen molar-refractivity contribution in [3.05, 3.63) is 77.9 Å². The minimum Gasteiger partial charge on any atom is -0.495 e. The SMILES string of the molecule is COc1ccccc1N1CCN(c2ccc(NC(=O)Nc3cccc(C(F)(F)F)c3)cc2C(=O)N2CCCCC2)CC1. The van der Waals surface area contributed by atoms with E-state index in [0.29, 0.717) is 37.4 Å².